The van der Waals surface area contributed by atoms with Gasteiger partial charge in [-0.15, -0.1) is 0 Å². The summed E-state index contributed by atoms with van der Waals surface area (Å²) in [5.74, 6) is 0. The van der Waals surface area contributed by atoms with Crippen LogP contribution >= 0.6 is 11.5 Å². The van der Waals surface area contributed by atoms with Gasteiger partial charge in [0.2, 0.25) is 0 Å². The molecule has 0 saturated carbocycles. The summed E-state index contributed by atoms with van der Waals surface area (Å²) in [7, 11) is 1.78. The van der Waals surface area contributed by atoms with Gasteiger partial charge in [-0.05, 0) is 12.1 Å². The summed E-state index contributed by atoms with van der Waals surface area (Å²) in [5, 5.41) is 0.819. The van der Waals surface area contributed by atoms with E-state index in [4.69, 9.17) is 0 Å². The first-order valence-corrected chi connectivity index (χ1v) is 5.11. The monoisotopic (exact) mass is 195 g/mol. The van der Waals surface area contributed by atoms with Gasteiger partial charge in [-0.3, -0.25) is 8.75 Å². The third kappa shape index (κ3) is 1.80. The number of benzene rings is 1. The molecule has 0 unspecified atom stereocenters. The molecule has 2 rings (SSSR count). The van der Waals surface area contributed by atoms with E-state index in [2.05, 4.69) is 0 Å². The average Bonchev–Trinajstić information content (AvgIpc) is 2.47. The number of aromatic nitrogens is 1. The van der Waals surface area contributed by atoms with Crippen molar-refractivity contribution in [2.24, 2.45) is 7.05 Å². The minimum atomic E-state index is 0.102. The van der Waals surface area contributed by atoms with E-state index in [1.807, 2.05) is 38.1 Å². The smallest absolute Gasteiger partial charge is 0.268 e. The van der Waals surface area contributed by atoms with Gasteiger partial charge in [0, 0.05) is 7.05 Å². The Morgan fingerprint density at radius 1 is 1.23 bits per heavy atom. The maximum atomic E-state index is 11.3. The number of hydrogen-bond donors (Lipinski definition) is 0. The van der Waals surface area contributed by atoms with Gasteiger partial charge in [0.25, 0.3) is 5.56 Å². The third-order valence-corrected chi connectivity index (χ3v) is 2.63. The van der Waals surface area contributed by atoms with Crippen LogP contribution in [0.5, 0.6) is 0 Å². The molecule has 13 heavy (non-hydrogen) atoms. The van der Waals surface area contributed by atoms with E-state index in [1.165, 1.54) is 11.5 Å². The highest BCUT2D eigenvalue weighted by Gasteiger charge is 2.01. The van der Waals surface area contributed by atoms with Crippen molar-refractivity contribution in [2.45, 2.75) is 13.8 Å². The van der Waals surface area contributed by atoms with Crippen molar-refractivity contribution in [2.75, 3.05) is 0 Å². The Balaban J connectivity index is 0.000000396. The number of aryl methyl sites for hydroxylation is 1. The highest BCUT2D eigenvalue weighted by molar-refractivity contribution is 7.13. The molecular weight excluding hydrogens is 182 g/mol. The Bertz CT molecular complexity index is 441. The molecule has 2 nitrogen and oxygen atoms in total. The summed E-state index contributed by atoms with van der Waals surface area (Å²) in [5.41, 5.74) is 0.102. The third-order valence-electron chi connectivity index (χ3n) is 1.64. The fraction of sp³-hybridized carbons (Fsp3) is 0.300. The van der Waals surface area contributed by atoms with Crippen molar-refractivity contribution in [3.8, 4) is 0 Å². The van der Waals surface area contributed by atoms with Gasteiger partial charge in [-0.1, -0.05) is 37.5 Å². The van der Waals surface area contributed by atoms with Gasteiger partial charge in [0.05, 0.1) is 10.1 Å². The summed E-state index contributed by atoms with van der Waals surface area (Å²) < 4.78 is 2.70. The molecule has 0 aliphatic heterocycles. The number of fused-ring (bicyclic) bond motifs is 1. The van der Waals surface area contributed by atoms with Crippen molar-refractivity contribution in [3.63, 3.8) is 0 Å². The Morgan fingerprint density at radius 2 is 1.85 bits per heavy atom. The van der Waals surface area contributed by atoms with E-state index >= 15 is 0 Å². The van der Waals surface area contributed by atoms with Crippen LogP contribution in [0.4, 0.5) is 0 Å². The minimum absolute atomic E-state index is 0.102. The highest BCUT2D eigenvalue weighted by Crippen LogP contribution is 2.13. The van der Waals surface area contributed by atoms with Crippen LogP contribution in [0, 0.1) is 0 Å². The van der Waals surface area contributed by atoms with Crippen LogP contribution < -0.4 is 5.56 Å². The van der Waals surface area contributed by atoms with Crippen molar-refractivity contribution < 1.29 is 0 Å². The van der Waals surface area contributed by atoms with E-state index in [-0.39, 0.29) is 5.56 Å². The molecule has 0 N–H and O–H groups in total. The molecule has 0 aliphatic rings. The fourth-order valence-corrected chi connectivity index (χ4v) is 1.95. The van der Waals surface area contributed by atoms with Gasteiger partial charge < -0.3 is 0 Å². The number of nitrogens with zero attached hydrogens (tertiary/aromatic N) is 1. The van der Waals surface area contributed by atoms with Crippen LogP contribution in [-0.4, -0.2) is 3.96 Å². The molecule has 0 radical (unpaired) electrons. The molecule has 0 spiro atoms. The van der Waals surface area contributed by atoms with E-state index in [0.29, 0.717) is 0 Å². The summed E-state index contributed by atoms with van der Waals surface area (Å²) in [4.78, 5) is 11.3. The molecular formula is C10H13NOS. The lowest BCUT2D eigenvalue weighted by atomic mass is 10.3. The SMILES string of the molecule is CC.Cn1sc2ccccc2c1=O. The first kappa shape index (κ1) is 9.99. The second kappa shape index (κ2) is 4.23. The van der Waals surface area contributed by atoms with Crippen LogP contribution in [0.1, 0.15) is 13.8 Å². The van der Waals surface area contributed by atoms with E-state index < -0.39 is 0 Å². The maximum absolute atomic E-state index is 11.3. The molecule has 1 aromatic heterocycles. The highest BCUT2D eigenvalue weighted by atomic mass is 32.1. The van der Waals surface area contributed by atoms with E-state index in [0.717, 1.165) is 10.1 Å². The fourth-order valence-electron chi connectivity index (χ4n) is 1.08. The summed E-state index contributed by atoms with van der Waals surface area (Å²) >= 11 is 1.48. The molecule has 1 heterocycles. The molecule has 0 aliphatic carbocycles. The largest absolute Gasteiger partial charge is 0.268 e. The topological polar surface area (TPSA) is 22.0 Å². The van der Waals surface area contributed by atoms with Crippen molar-refractivity contribution in [1.82, 2.24) is 3.96 Å². The number of hydrogen-bond acceptors (Lipinski definition) is 2. The van der Waals surface area contributed by atoms with Crippen LogP contribution in [0.25, 0.3) is 10.1 Å². The lowest BCUT2D eigenvalue weighted by Crippen LogP contribution is -2.07. The first-order valence-electron chi connectivity index (χ1n) is 4.34. The lowest BCUT2D eigenvalue weighted by Gasteiger charge is -1.79. The zero-order chi connectivity index (χ0) is 9.84. The quantitative estimate of drug-likeness (QED) is 0.633. The molecule has 0 saturated heterocycles. The van der Waals surface area contributed by atoms with Crippen molar-refractivity contribution in [3.05, 3.63) is 34.6 Å². The van der Waals surface area contributed by atoms with E-state index in [1.54, 1.807) is 11.0 Å². The Kier molecular flexibility index (Phi) is 3.25. The van der Waals surface area contributed by atoms with Gasteiger partial charge in [0.15, 0.2) is 0 Å². The molecule has 1 aromatic carbocycles. The van der Waals surface area contributed by atoms with Crippen LogP contribution in [0.15, 0.2) is 29.1 Å². The molecule has 2 aromatic rings. The molecule has 0 fully saturated rings. The van der Waals surface area contributed by atoms with Crippen LogP contribution in [-0.2, 0) is 7.05 Å². The summed E-state index contributed by atoms with van der Waals surface area (Å²) in [6, 6.07) is 7.64. The molecule has 3 heteroatoms. The molecule has 70 valence electrons. The Hall–Kier alpha value is -1.09. The predicted molar refractivity (Wildman–Crippen MR) is 58.4 cm³/mol. The Labute approximate surface area is 81.6 Å². The molecule has 0 atom stereocenters. The predicted octanol–water partition coefficient (Wildman–Crippen LogP) is 2.63. The zero-order valence-electron chi connectivity index (χ0n) is 8.07. The van der Waals surface area contributed by atoms with Crippen molar-refractivity contribution in [1.29, 1.82) is 0 Å². The van der Waals surface area contributed by atoms with Crippen LogP contribution in [0.2, 0.25) is 0 Å². The minimum Gasteiger partial charge on any atom is -0.268 e. The maximum Gasteiger partial charge on any atom is 0.268 e. The van der Waals surface area contributed by atoms with Gasteiger partial charge in [0.1, 0.15) is 0 Å². The Morgan fingerprint density at radius 3 is 2.46 bits per heavy atom. The molecule has 0 amide bonds. The van der Waals surface area contributed by atoms with E-state index in [9.17, 15) is 4.79 Å². The molecule has 0 bridgehead atoms. The normalized spacial score (nSPS) is 9.46. The van der Waals surface area contributed by atoms with Gasteiger partial charge in [-0.2, -0.15) is 0 Å². The zero-order valence-corrected chi connectivity index (χ0v) is 8.89. The lowest BCUT2D eigenvalue weighted by molar-refractivity contribution is 0.989. The summed E-state index contributed by atoms with van der Waals surface area (Å²) in [6.07, 6.45) is 0. The number of rotatable bonds is 0. The second-order valence-corrected chi connectivity index (χ2v) is 3.56. The summed E-state index contributed by atoms with van der Waals surface area (Å²) in [6.45, 7) is 4.00. The average molecular weight is 195 g/mol. The standard InChI is InChI=1S/C8H7NOS.C2H6/c1-9-8(10)6-4-2-3-5-7(6)11-9;1-2/h2-5H,1H3;1-2H3. The first-order chi connectivity index (χ1) is 6.29. The van der Waals surface area contributed by atoms with Gasteiger partial charge >= 0.3 is 0 Å². The second-order valence-electron chi connectivity index (χ2n) is 2.39. The van der Waals surface area contributed by atoms with Crippen LogP contribution in [0.3, 0.4) is 0 Å². The van der Waals surface area contributed by atoms with Gasteiger partial charge in [-0.25, -0.2) is 0 Å². The van der Waals surface area contributed by atoms with Crippen molar-refractivity contribution >= 4 is 21.6 Å².